The predicted molar refractivity (Wildman–Crippen MR) is 58.2 cm³/mol. The highest BCUT2D eigenvalue weighted by molar-refractivity contribution is 5.61. The van der Waals surface area contributed by atoms with Crippen molar-refractivity contribution in [3.8, 4) is 0 Å². The first-order valence-corrected chi connectivity index (χ1v) is 5.07. The Morgan fingerprint density at radius 1 is 1.21 bits per heavy atom. The molecule has 1 atom stereocenters. The van der Waals surface area contributed by atoms with Crippen LogP contribution in [0.1, 0.15) is 25.5 Å². The lowest BCUT2D eigenvalue weighted by Crippen LogP contribution is -2.29. The zero-order valence-corrected chi connectivity index (χ0v) is 8.81. The van der Waals surface area contributed by atoms with Crippen LogP contribution >= 0.6 is 0 Å². The van der Waals surface area contributed by atoms with Gasteiger partial charge in [0.2, 0.25) is 0 Å². The number of carbonyl (C=O) groups excluding carboxylic acids is 1. The lowest BCUT2D eigenvalue weighted by Gasteiger charge is -2.25. The largest absolute Gasteiger partial charge is 0.301 e. The fourth-order valence-electron chi connectivity index (χ4n) is 1.64. The Hall–Kier alpha value is -1.15. The van der Waals surface area contributed by atoms with Gasteiger partial charge >= 0.3 is 0 Å². The molecule has 0 N–H and O–H groups in total. The lowest BCUT2D eigenvalue weighted by molar-refractivity contribution is -0.112. The number of hydrogen-bond donors (Lipinski definition) is 0. The van der Waals surface area contributed by atoms with Crippen LogP contribution in [-0.2, 0) is 4.79 Å². The van der Waals surface area contributed by atoms with Gasteiger partial charge in [0, 0.05) is 0 Å². The van der Waals surface area contributed by atoms with Crippen LogP contribution in [0.5, 0.6) is 0 Å². The molecule has 0 saturated heterocycles. The SMILES string of the molecule is CCN(CC)C(C=O)c1ccccc1. The normalized spacial score (nSPS) is 12.8. The Kier molecular flexibility index (Phi) is 4.33. The van der Waals surface area contributed by atoms with Crippen LogP contribution in [0.15, 0.2) is 30.3 Å². The van der Waals surface area contributed by atoms with E-state index in [1.165, 1.54) is 0 Å². The fraction of sp³-hybridized carbons (Fsp3) is 0.417. The number of rotatable bonds is 5. The quantitative estimate of drug-likeness (QED) is 0.665. The van der Waals surface area contributed by atoms with Crippen molar-refractivity contribution in [1.82, 2.24) is 4.90 Å². The Morgan fingerprint density at radius 2 is 1.79 bits per heavy atom. The van der Waals surface area contributed by atoms with Crippen LogP contribution in [0, 0.1) is 0 Å². The van der Waals surface area contributed by atoms with E-state index in [9.17, 15) is 4.79 Å². The standard InChI is InChI=1S/C12H17NO/c1-3-13(4-2)12(10-14)11-8-6-5-7-9-11/h5-10,12H,3-4H2,1-2H3. The van der Waals surface area contributed by atoms with Gasteiger partial charge in [-0.15, -0.1) is 0 Å². The van der Waals surface area contributed by atoms with Crippen LogP contribution in [0.4, 0.5) is 0 Å². The maximum absolute atomic E-state index is 11.0. The molecule has 1 rings (SSSR count). The van der Waals surface area contributed by atoms with Gasteiger partial charge in [-0.2, -0.15) is 0 Å². The second-order valence-electron chi connectivity index (χ2n) is 3.21. The zero-order chi connectivity index (χ0) is 10.4. The van der Waals surface area contributed by atoms with Crippen molar-refractivity contribution in [2.24, 2.45) is 0 Å². The number of aldehydes is 1. The second-order valence-corrected chi connectivity index (χ2v) is 3.21. The van der Waals surface area contributed by atoms with E-state index in [-0.39, 0.29) is 6.04 Å². The van der Waals surface area contributed by atoms with E-state index >= 15 is 0 Å². The molecule has 1 aromatic carbocycles. The van der Waals surface area contributed by atoms with E-state index in [1.54, 1.807) is 0 Å². The first-order valence-electron chi connectivity index (χ1n) is 5.07. The van der Waals surface area contributed by atoms with Gasteiger partial charge in [0.05, 0.1) is 6.04 Å². The monoisotopic (exact) mass is 191 g/mol. The molecule has 0 aliphatic heterocycles. The van der Waals surface area contributed by atoms with Gasteiger partial charge < -0.3 is 4.79 Å². The number of carbonyl (C=O) groups is 1. The average Bonchev–Trinajstić information content (AvgIpc) is 2.27. The molecule has 76 valence electrons. The summed E-state index contributed by atoms with van der Waals surface area (Å²) in [4.78, 5) is 13.2. The maximum atomic E-state index is 11.0. The highest BCUT2D eigenvalue weighted by Gasteiger charge is 2.15. The van der Waals surface area contributed by atoms with Crippen molar-refractivity contribution in [2.75, 3.05) is 13.1 Å². The molecule has 2 heteroatoms. The van der Waals surface area contributed by atoms with Gasteiger partial charge in [0.25, 0.3) is 0 Å². The van der Waals surface area contributed by atoms with Crippen molar-refractivity contribution in [3.63, 3.8) is 0 Å². The number of nitrogens with zero attached hydrogens (tertiary/aromatic N) is 1. The topological polar surface area (TPSA) is 20.3 Å². The highest BCUT2D eigenvalue weighted by atomic mass is 16.1. The fourth-order valence-corrected chi connectivity index (χ4v) is 1.64. The minimum absolute atomic E-state index is 0.0915. The van der Waals surface area contributed by atoms with Gasteiger partial charge in [-0.3, -0.25) is 4.90 Å². The molecule has 0 saturated carbocycles. The Balaban J connectivity index is 2.86. The summed E-state index contributed by atoms with van der Waals surface area (Å²) in [6.07, 6.45) is 1.02. The molecule has 0 spiro atoms. The van der Waals surface area contributed by atoms with Gasteiger partial charge in [0.1, 0.15) is 6.29 Å². The van der Waals surface area contributed by atoms with E-state index < -0.39 is 0 Å². The summed E-state index contributed by atoms with van der Waals surface area (Å²) >= 11 is 0. The molecule has 0 radical (unpaired) electrons. The third-order valence-corrected chi connectivity index (χ3v) is 2.48. The molecule has 0 fully saturated rings. The molecule has 2 nitrogen and oxygen atoms in total. The zero-order valence-electron chi connectivity index (χ0n) is 8.81. The number of benzene rings is 1. The molecular weight excluding hydrogens is 174 g/mol. The van der Waals surface area contributed by atoms with Crippen molar-refractivity contribution in [2.45, 2.75) is 19.9 Å². The molecule has 0 aliphatic rings. The predicted octanol–water partition coefficient (Wildman–Crippen LogP) is 2.27. The molecule has 0 amide bonds. The van der Waals surface area contributed by atoms with Crippen molar-refractivity contribution in [1.29, 1.82) is 0 Å². The molecule has 1 unspecified atom stereocenters. The highest BCUT2D eigenvalue weighted by Crippen LogP contribution is 2.17. The Labute approximate surface area is 85.5 Å². The third kappa shape index (κ3) is 2.42. The van der Waals surface area contributed by atoms with E-state index in [0.717, 1.165) is 24.9 Å². The minimum Gasteiger partial charge on any atom is -0.301 e. The minimum atomic E-state index is -0.0915. The molecule has 0 aromatic heterocycles. The first-order chi connectivity index (χ1) is 6.83. The van der Waals surface area contributed by atoms with Crippen LogP contribution < -0.4 is 0 Å². The van der Waals surface area contributed by atoms with Crippen LogP contribution in [0.3, 0.4) is 0 Å². The lowest BCUT2D eigenvalue weighted by atomic mass is 10.1. The summed E-state index contributed by atoms with van der Waals surface area (Å²) in [5.74, 6) is 0. The van der Waals surface area contributed by atoms with E-state index in [2.05, 4.69) is 18.7 Å². The van der Waals surface area contributed by atoms with Crippen LogP contribution in [0.2, 0.25) is 0 Å². The van der Waals surface area contributed by atoms with Crippen molar-refractivity contribution < 1.29 is 4.79 Å². The smallest absolute Gasteiger partial charge is 0.141 e. The summed E-state index contributed by atoms with van der Waals surface area (Å²) in [6, 6.07) is 9.80. The molecule has 0 heterocycles. The van der Waals surface area contributed by atoms with E-state index in [0.29, 0.717) is 0 Å². The summed E-state index contributed by atoms with van der Waals surface area (Å²) in [6.45, 7) is 5.94. The Bertz CT molecular complexity index is 267. The summed E-state index contributed by atoms with van der Waals surface area (Å²) < 4.78 is 0. The van der Waals surface area contributed by atoms with Gasteiger partial charge in [-0.1, -0.05) is 44.2 Å². The van der Waals surface area contributed by atoms with E-state index in [1.807, 2.05) is 30.3 Å². The molecule has 0 bridgehead atoms. The number of likely N-dealkylation sites (N-methyl/N-ethyl adjacent to an activating group) is 1. The second kappa shape index (κ2) is 5.55. The van der Waals surface area contributed by atoms with Gasteiger partial charge in [-0.05, 0) is 18.7 Å². The molecule has 1 aromatic rings. The third-order valence-electron chi connectivity index (χ3n) is 2.48. The maximum Gasteiger partial charge on any atom is 0.141 e. The van der Waals surface area contributed by atoms with E-state index in [4.69, 9.17) is 0 Å². The number of hydrogen-bond acceptors (Lipinski definition) is 2. The van der Waals surface area contributed by atoms with Crippen molar-refractivity contribution >= 4 is 6.29 Å². The molecule has 0 aliphatic carbocycles. The molecule has 14 heavy (non-hydrogen) atoms. The summed E-state index contributed by atoms with van der Waals surface area (Å²) in [5, 5.41) is 0. The Morgan fingerprint density at radius 3 is 2.21 bits per heavy atom. The molecular formula is C12H17NO. The van der Waals surface area contributed by atoms with Gasteiger partial charge in [0.15, 0.2) is 0 Å². The van der Waals surface area contributed by atoms with Crippen LogP contribution in [-0.4, -0.2) is 24.3 Å². The van der Waals surface area contributed by atoms with Crippen molar-refractivity contribution in [3.05, 3.63) is 35.9 Å². The summed E-state index contributed by atoms with van der Waals surface area (Å²) in [5.41, 5.74) is 1.08. The summed E-state index contributed by atoms with van der Waals surface area (Å²) in [7, 11) is 0. The van der Waals surface area contributed by atoms with Crippen LogP contribution in [0.25, 0.3) is 0 Å². The van der Waals surface area contributed by atoms with Gasteiger partial charge in [-0.25, -0.2) is 0 Å². The first kappa shape index (κ1) is 10.9. The average molecular weight is 191 g/mol.